The van der Waals surface area contributed by atoms with Gasteiger partial charge in [0.15, 0.2) is 18.1 Å². The van der Waals surface area contributed by atoms with Gasteiger partial charge in [0.2, 0.25) is 5.91 Å². The topological polar surface area (TPSA) is 103 Å². The molecule has 2 amide bonds. The molecule has 0 spiro atoms. The lowest BCUT2D eigenvalue weighted by Gasteiger charge is -2.12. The van der Waals surface area contributed by atoms with Crippen LogP contribution in [-0.4, -0.2) is 31.1 Å². The number of carbonyl (C=O) groups excluding carboxylic acids is 2. The first-order chi connectivity index (χ1) is 12.5. The molecule has 0 aromatic heterocycles. The van der Waals surface area contributed by atoms with E-state index in [4.69, 9.17) is 15.2 Å². The van der Waals surface area contributed by atoms with Crippen LogP contribution in [-0.2, 0) is 9.59 Å². The molecular formula is C19H22ClN3O4. The Hall–Kier alpha value is -2.77. The van der Waals surface area contributed by atoms with Gasteiger partial charge in [-0.25, -0.2) is 0 Å². The molecule has 0 aliphatic heterocycles. The van der Waals surface area contributed by atoms with E-state index in [1.54, 1.807) is 42.5 Å². The summed E-state index contributed by atoms with van der Waals surface area (Å²) in [5.41, 5.74) is 6.25. The average Bonchev–Trinajstić information content (AvgIpc) is 3.39. The second kappa shape index (κ2) is 8.75. The molecule has 1 aliphatic carbocycles. The zero-order valence-electron chi connectivity index (χ0n) is 14.9. The smallest absolute Gasteiger partial charge is 0.262 e. The Balaban J connectivity index is 0.00000261. The fourth-order valence-corrected chi connectivity index (χ4v) is 2.37. The van der Waals surface area contributed by atoms with Crippen LogP contribution in [0.3, 0.4) is 0 Å². The Kier molecular flexibility index (Phi) is 6.65. The van der Waals surface area contributed by atoms with E-state index in [9.17, 15) is 9.59 Å². The number of ether oxygens (including phenoxy) is 2. The van der Waals surface area contributed by atoms with Gasteiger partial charge in [-0.05, 0) is 43.2 Å². The Morgan fingerprint density at radius 2 is 1.67 bits per heavy atom. The third kappa shape index (κ3) is 5.35. The van der Waals surface area contributed by atoms with E-state index in [-0.39, 0.29) is 30.8 Å². The van der Waals surface area contributed by atoms with E-state index in [0.717, 1.165) is 0 Å². The number of nitrogens with one attached hydrogen (secondary N) is 2. The highest BCUT2D eigenvalue weighted by Gasteiger charge is 2.45. The normalized spacial score (nSPS) is 13.7. The number of rotatable bonds is 7. The van der Waals surface area contributed by atoms with Gasteiger partial charge in [0.1, 0.15) is 0 Å². The minimum absolute atomic E-state index is 0. The molecule has 3 rings (SSSR count). The largest absolute Gasteiger partial charge is 0.493 e. The second-order valence-electron chi connectivity index (χ2n) is 6.18. The highest BCUT2D eigenvalue weighted by atomic mass is 35.5. The molecule has 1 fully saturated rings. The van der Waals surface area contributed by atoms with Crippen molar-refractivity contribution in [1.82, 2.24) is 0 Å². The van der Waals surface area contributed by atoms with Crippen LogP contribution in [0, 0.1) is 0 Å². The van der Waals surface area contributed by atoms with Crippen molar-refractivity contribution in [1.29, 1.82) is 0 Å². The van der Waals surface area contributed by atoms with Gasteiger partial charge < -0.3 is 25.8 Å². The van der Waals surface area contributed by atoms with Gasteiger partial charge in [-0.2, -0.15) is 0 Å². The summed E-state index contributed by atoms with van der Waals surface area (Å²) >= 11 is 0. The van der Waals surface area contributed by atoms with E-state index >= 15 is 0 Å². The first kappa shape index (κ1) is 20.5. The van der Waals surface area contributed by atoms with Crippen LogP contribution < -0.4 is 25.8 Å². The number of halogens is 1. The molecule has 7 nitrogen and oxygen atoms in total. The average molecular weight is 392 g/mol. The van der Waals surface area contributed by atoms with Crippen LogP contribution in [0.2, 0.25) is 0 Å². The summed E-state index contributed by atoms with van der Waals surface area (Å²) in [6, 6.07) is 14.0. The summed E-state index contributed by atoms with van der Waals surface area (Å²) in [7, 11) is 1.54. The molecular weight excluding hydrogens is 370 g/mol. The van der Waals surface area contributed by atoms with Crippen LogP contribution in [0.4, 0.5) is 11.4 Å². The maximum atomic E-state index is 12.1. The van der Waals surface area contributed by atoms with Crippen LogP contribution in [0.1, 0.15) is 12.8 Å². The van der Waals surface area contributed by atoms with Gasteiger partial charge in [-0.3, -0.25) is 9.59 Å². The molecule has 8 heteroatoms. The first-order valence-corrected chi connectivity index (χ1v) is 8.26. The monoisotopic (exact) mass is 391 g/mol. The number of amides is 2. The van der Waals surface area contributed by atoms with Gasteiger partial charge >= 0.3 is 0 Å². The van der Waals surface area contributed by atoms with Crippen molar-refractivity contribution in [2.75, 3.05) is 24.4 Å². The lowest BCUT2D eigenvalue weighted by atomic mass is 10.2. The van der Waals surface area contributed by atoms with E-state index in [2.05, 4.69) is 10.6 Å². The minimum Gasteiger partial charge on any atom is -0.493 e. The molecule has 27 heavy (non-hydrogen) atoms. The minimum atomic E-state index is -0.748. The highest BCUT2D eigenvalue weighted by Crippen LogP contribution is 2.33. The quantitative estimate of drug-likeness (QED) is 0.673. The van der Waals surface area contributed by atoms with Gasteiger partial charge in [-0.1, -0.05) is 18.2 Å². The van der Waals surface area contributed by atoms with Crippen molar-refractivity contribution < 1.29 is 19.1 Å². The number of nitrogens with two attached hydrogens (primary N) is 1. The number of methoxy groups -OCH3 is 1. The Morgan fingerprint density at radius 1 is 1.04 bits per heavy atom. The zero-order chi connectivity index (χ0) is 18.6. The molecule has 4 N–H and O–H groups in total. The SMILES string of the molecule is COc1ccccc1OCC(=O)Nc1cccc(NC(=O)C2(N)CC2)c1.Cl. The van der Waals surface area contributed by atoms with Gasteiger partial charge in [0.05, 0.1) is 12.6 Å². The number of hydrogen-bond donors (Lipinski definition) is 3. The lowest BCUT2D eigenvalue weighted by Crippen LogP contribution is -2.37. The van der Waals surface area contributed by atoms with Crippen LogP contribution in [0.25, 0.3) is 0 Å². The van der Waals surface area contributed by atoms with Crippen molar-refractivity contribution in [2.24, 2.45) is 5.73 Å². The first-order valence-electron chi connectivity index (χ1n) is 8.26. The third-order valence-corrected chi connectivity index (χ3v) is 4.07. The predicted molar refractivity (Wildman–Crippen MR) is 106 cm³/mol. The lowest BCUT2D eigenvalue weighted by molar-refractivity contribution is -0.118. The second-order valence-corrected chi connectivity index (χ2v) is 6.18. The predicted octanol–water partition coefficient (Wildman–Crippen LogP) is 2.56. The fourth-order valence-electron chi connectivity index (χ4n) is 2.37. The number of para-hydroxylation sites is 2. The highest BCUT2D eigenvalue weighted by molar-refractivity contribution is 6.00. The molecule has 0 radical (unpaired) electrons. The third-order valence-electron chi connectivity index (χ3n) is 4.07. The zero-order valence-corrected chi connectivity index (χ0v) is 15.7. The molecule has 2 aromatic rings. The molecule has 2 aromatic carbocycles. The number of carbonyl (C=O) groups is 2. The van der Waals surface area contributed by atoms with Crippen LogP contribution in [0.5, 0.6) is 11.5 Å². The molecule has 1 saturated carbocycles. The summed E-state index contributed by atoms with van der Waals surface area (Å²) in [5.74, 6) is 0.516. The molecule has 0 bridgehead atoms. The molecule has 0 heterocycles. The van der Waals surface area contributed by atoms with Crippen molar-refractivity contribution in [3.05, 3.63) is 48.5 Å². The Labute approximate surface area is 163 Å². The summed E-state index contributed by atoms with van der Waals surface area (Å²) in [4.78, 5) is 24.1. The Morgan fingerprint density at radius 3 is 2.30 bits per heavy atom. The molecule has 144 valence electrons. The van der Waals surface area contributed by atoms with Gasteiger partial charge in [0, 0.05) is 11.4 Å². The summed E-state index contributed by atoms with van der Waals surface area (Å²) < 4.78 is 10.7. The van der Waals surface area contributed by atoms with E-state index < -0.39 is 5.54 Å². The summed E-state index contributed by atoms with van der Waals surface area (Å²) in [5, 5.41) is 5.50. The summed E-state index contributed by atoms with van der Waals surface area (Å²) in [6.45, 7) is -0.164. The van der Waals surface area contributed by atoms with Crippen molar-refractivity contribution >= 4 is 35.6 Å². The maximum Gasteiger partial charge on any atom is 0.262 e. The standard InChI is InChI=1S/C19H21N3O4.ClH/c1-25-15-7-2-3-8-16(15)26-12-17(23)21-13-5-4-6-14(11-13)22-18(24)19(20)9-10-19;/h2-8,11H,9-10,12,20H2,1H3,(H,21,23)(H,22,24);1H. The molecule has 1 aliphatic rings. The maximum absolute atomic E-state index is 12.1. The number of hydrogen-bond acceptors (Lipinski definition) is 5. The number of benzene rings is 2. The fraction of sp³-hybridized carbons (Fsp3) is 0.263. The molecule has 0 saturated heterocycles. The van der Waals surface area contributed by atoms with Crippen molar-refractivity contribution in [2.45, 2.75) is 18.4 Å². The van der Waals surface area contributed by atoms with Crippen LogP contribution in [0.15, 0.2) is 48.5 Å². The van der Waals surface area contributed by atoms with Gasteiger partial charge in [-0.15, -0.1) is 12.4 Å². The summed E-state index contributed by atoms with van der Waals surface area (Å²) in [6.07, 6.45) is 1.38. The van der Waals surface area contributed by atoms with Gasteiger partial charge in [0.25, 0.3) is 5.91 Å². The molecule has 0 unspecified atom stereocenters. The number of anilines is 2. The van der Waals surface area contributed by atoms with E-state index in [1.165, 1.54) is 7.11 Å². The molecule has 0 atom stereocenters. The van der Waals surface area contributed by atoms with Crippen LogP contribution >= 0.6 is 12.4 Å². The van der Waals surface area contributed by atoms with Crippen molar-refractivity contribution in [3.63, 3.8) is 0 Å². The van der Waals surface area contributed by atoms with E-state index in [0.29, 0.717) is 35.7 Å². The van der Waals surface area contributed by atoms with E-state index in [1.807, 2.05) is 6.07 Å². The van der Waals surface area contributed by atoms with Crippen molar-refractivity contribution in [3.8, 4) is 11.5 Å². The Bertz CT molecular complexity index is 824.